The topological polar surface area (TPSA) is 24.1 Å². The summed E-state index contributed by atoms with van der Waals surface area (Å²) >= 11 is 0. The first-order valence-corrected chi connectivity index (χ1v) is 9.32. The lowest BCUT2D eigenvalue weighted by molar-refractivity contribution is 0.363. The highest BCUT2D eigenvalue weighted by Gasteiger charge is 2.25. The normalized spacial score (nSPS) is 22.5. The predicted octanol–water partition coefficient (Wildman–Crippen LogP) is 4.49. The average molecular weight is 283 g/mol. The van der Waals surface area contributed by atoms with Gasteiger partial charge in [-0.15, -0.1) is 0 Å². The van der Waals surface area contributed by atoms with Gasteiger partial charge in [-0.3, -0.25) is 0 Å². The van der Waals surface area contributed by atoms with E-state index in [9.17, 15) is 0 Å². The highest BCUT2D eigenvalue weighted by atomic mass is 14.9. The third kappa shape index (κ3) is 8.26. The fourth-order valence-electron chi connectivity index (χ4n) is 3.52. The van der Waals surface area contributed by atoms with Crippen LogP contribution >= 0.6 is 0 Å². The molecule has 0 aromatic heterocycles. The first-order valence-electron chi connectivity index (χ1n) is 9.32. The summed E-state index contributed by atoms with van der Waals surface area (Å²) < 4.78 is 0. The van der Waals surface area contributed by atoms with E-state index in [1.807, 2.05) is 0 Å². The molecule has 0 spiro atoms. The molecule has 1 saturated carbocycles. The van der Waals surface area contributed by atoms with Gasteiger partial charge in [0.1, 0.15) is 0 Å². The summed E-state index contributed by atoms with van der Waals surface area (Å²) in [5, 5.41) is 7.22. The van der Waals surface area contributed by atoms with E-state index in [1.165, 1.54) is 77.2 Å². The average Bonchev–Trinajstić information content (AvgIpc) is 2.90. The van der Waals surface area contributed by atoms with Crippen LogP contribution < -0.4 is 10.6 Å². The molecule has 2 unspecified atom stereocenters. The maximum atomic E-state index is 3.81. The molecule has 2 N–H and O–H groups in total. The van der Waals surface area contributed by atoms with Crippen molar-refractivity contribution in [3.63, 3.8) is 0 Å². The molecule has 1 aliphatic rings. The van der Waals surface area contributed by atoms with Crippen LogP contribution in [0.1, 0.15) is 84.5 Å². The summed E-state index contributed by atoms with van der Waals surface area (Å²) in [6.45, 7) is 7.94. The third-order valence-electron chi connectivity index (χ3n) is 4.77. The van der Waals surface area contributed by atoms with Crippen LogP contribution in [0.3, 0.4) is 0 Å². The molecule has 1 aliphatic carbocycles. The van der Waals surface area contributed by atoms with Gasteiger partial charge in [0.05, 0.1) is 0 Å². The van der Waals surface area contributed by atoms with Crippen molar-refractivity contribution in [3.8, 4) is 0 Å². The van der Waals surface area contributed by atoms with Gasteiger partial charge in [0.25, 0.3) is 0 Å². The second-order valence-corrected chi connectivity index (χ2v) is 6.52. The van der Waals surface area contributed by atoms with Crippen LogP contribution in [0.15, 0.2) is 0 Å². The molecular weight excluding hydrogens is 244 g/mol. The van der Waals surface area contributed by atoms with E-state index >= 15 is 0 Å². The van der Waals surface area contributed by atoms with Crippen LogP contribution in [-0.4, -0.2) is 25.7 Å². The summed E-state index contributed by atoms with van der Waals surface area (Å²) in [6, 6.07) is 0.826. The molecule has 1 rings (SSSR count). The smallest absolute Gasteiger partial charge is 0.00953 e. The Morgan fingerprint density at radius 2 is 1.65 bits per heavy atom. The lowest BCUT2D eigenvalue weighted by Gasteiger charge is -2.21. The minimum atomic E-state index is 0.826. The second-order valence-electron chi connectivity index (χ2n) is 6.52. The van der Waals surface area contributed by atoms with E-state index in [2.05, 4.69) is 24.5 Å². The summed E-state index contributed by atoms with van der Waals surface area (Å²) in [7, 11) is 0. The summed E-state index contributed by atoms with van der Waals surface area (Å²) in [5.74, 6) is 0.973. The molecule has 0 aliphatic heterocycles. The molecule has 20 heavy (non-hydrogen) atoms. The Labute approximate surface area is 127 Å². The van der Waals surface area contributed by atoms with Crippen molar-refractivity contribution < 1.29 is 0 Å². The molecule has 0 amide bonds. The number of nitrogens with one attached hydrogen (secondary N) is 2. The van der Waals surface area contributed by atoms with Crippen molar-refractivity contribution in [1.29, 1.82) is 0 Å². The summed E-state index contributed by atoms with van der Waals surface area (Å²) in [6.07, 6.45) is 15.7. The zero-order chi connectivity index (χ0) is 14.5. The van der Waals surface area contributed by atoms with Gasteiger partial charge in [0.2, 0.25) is 0 Å². The molecule has 0 bridgehead atoms. The van der Waals surface area contributed by atoms with Crippen LogP contribution in [0.4, 0.5) is 0 Å². The Bertz CT molecular complexity index is 206. The Kier molecular flexibility index (Phi) is 11.4. The van der Waals surface area contributed by atoms with E-state index in [0.29, 0.717) is 0 Å². The number of unbranched alkanes of at least 4 members (excludes halogenated alkanes) is 5. The highest BCUT2D eigenvalue weighted by Crippen LogP contribution is 2.30. The van der Waals surface area contributed by atoms with Gasteiger partial charge in [-0.25, -0.2) is 0 Å². The Morgan fingerprint density at radius 3 is 2.45 bits per heavy atom. The molecule has 2 nitrogen and oxygen atoms in total. The predicted molar refractivity (Wildman–Crippen MR) is 90.3 cm³/mol. The van der Waals surface area contributed by atoms with E-state index in [0.717, 1.165) is 25.0 Å². The van der Waals surface area contributed by atoms with Gasteiger partial charge in [-0.05, 0) is 51.2 Å². The van der Waals surface area contributed by atoms with Crippen LogP contribution in [0, 0.1) is 5.92 Å². The van der Waals surface area contributed by atoms with Crippen molar-refractivity contribution in [2.75, 3.05) is 19.6 Å². The van der Waals surface area contributed by atoms with Crippen molar-refractivity contribution >= 4 is 0 Å². The molecule has 0 aromatic carbocycles. The van der Waals surface area contributed by atoms with Gasteiger partial charge in [0.15, 0.2) is 0 Å². The van der Waals surface area contributed by atoms with E-state index < -0.39 is 0 Å². The first-order chi connectivity index (χ1) is 9.88. The van der Waals surface area contributed by atoms with Gasteiger partial charge in [-0.1, -0.05) is 58.8 Å². The summed E-state index contributed by atoms with van der Waals surface area (Å²) in [5.41, 5.74) is 0. The maximum absolute atomic E-state index is 3.81. The monoisotopic (exact) mass is 282 g/mol. The van der Waals surface area contributed by atoms with Crippen LogP contribution in [0.25, 0.3) is 0 Å². The third-order valence-corrected chi connectivity index (χ3v) is 4.77. The molecule has 0 radical (unpaired) electrons. The number of hydrogen-bond acceptors (Lipinski definition) is 2. The van der Waals surface area contributed by atoms with E-state index in [-0.39, 0.29) is 0 Å². The van der Waals surface area contributed by atoms with Crippen molar-refractivity contribution in [1.82, 2.24) is 10.6 Å². The molecule has 0 heterocycles. The van der Waals surface area contributed by atoms with E-state index in [4.69, 9.17) is 0 Å². The number of rotatable bonds is 13. The molecule has 2 heteroatoms. The largest absolute Gasteiger partial charge is 0.317 e. The van der Waals surface area contributed by atoms with Gasteiger partial charge >= 0.3 is 0 Å². The molecular formula is C18H38N2. The minimum Gasteiger partial charge on any atom is -0.317 e. The SMILES string of the molecule is CCCCCCCCC1CCCC1NCCCNCC. The van der Waals surface area contributed by atoms with Gasteiger partial charge in [-0.2, -0.15) is 0 Å². The maximum Gasteiger partial charge on any atom is 0.00953 e. The second kappa shape index (κ2) is 12.6. The lowest BCUT2D eigenvalue weighted by atomic mass is 9.95. The lowest BCUT2D eigenvalue weighted by Crippen LogP contribution is -2.34. The molecule has 1 fully saturated rings. The van der Waals surface area contributed by atoms with Gasteiger partial charge in [0, 0.05) is 6.04 Å². The number of hydrogen-bond donors (Lipinski definition) is 2. The zero-order valence-electron chi connectivity index (χ0n) is 14.1. The quantitative estimate of drug-likeness (QED) is 0.486. The molecule has 0 aromatic rings. The van der Waals surface area contributed by atoms with Crippen molar-refractivity contribution in [3.05, 3.63) is 0 Å². The van der Waals surface area contributed by atoms with Crippen LogP contribution in [-0.2, 0) is 0 Å². The first kappa shape index (κ1) is 18.0. The standard InChI is InChI=1S/C18H38N2/c1-3-5-6-7-8-9-12-17-13-10-14-18(17)20-16-11-15-19-4-2/h17-20H,3-16H2,1-2H3. The Hall–Kier alpha value is -0.0800. The fraction of sp³-hybridized carbons (Fsp3) is 1.00. The molecule has 2 atom stereocenters. The van der Waals surface area contributed by atoms with Gasteiger partial charge < -0.3 is 10.6 Å². The Balaban J connectivity index is 1.99. The highest BCUT2D eigenvalue weighted by molar-refractivity contribution is 4.83. The Morgan fingerprint density at radius 1 is 0.850 bits per heavy atom. The van der Waals surface area contributed by atoms with Crippen molar-refractivity contribution in [2.45, 2.75) is 90.5 Å². The fourth-order valence-corrected chi connectivity index (χ4v) is 3.52. The molecule has 120 valence electrons. The minimum absolute atomic E-state index is 0.826. The van der Waals surface area contributed by atoms with Crippen LogP contribution in [0.2, 0.25) is 0 Å². The summed E-state index contributed by atoms with van der Waals surface area (Å²) in [4.78, 5) is 0. The van der Waals surface area contributed by atoms with Crippen LogP contribution in [0.5, 0.6) is 0 Å². The van der Waals surface area contributed by atoms with Crippen molar-refractivity contribution in [2.24, 2.45) is 5.92 Å². The zero-order valence-corrected chi connectivity index (χ0v) is 14.1. The molecule has 0 saturated heterocycles. The van der Waals surface area contributed by atoms with E-state index in [1.54, 1.807) is 0 Å².